The van der Waals surface area contributed by atoms with Gasteiger partial charge in [0.2, 0.25) is 0 Å². The fraction of sp³-hybridized carbons (Fsp3) is 0.429. The maximum absolute atomic E-state index is 12.4. The summed E-state index contributed by atoms with van der Waals surface area (Å²) in [5.74, 6) is -3.00. The minimum absolute atomic E-state index is 0. The van der Waals surface area contributed by atoms with Crippen LogP contribution in [0.25, 0.3) is 0 Å². The minimum atomic E-state index is -2.18. The molecule has 3 rings (SSSR count). The minimum Gasteiger partial charge on any atom is -0.544 e. The molecule has 9 nitrogen and oxygen atoms in total. The largest absolute Gasteiger partial charge is 1.00 e. The van der Waals surface area contributed by atoms with Crippen LogP contribution >= 0.6 is 0 Å². The molecule has 0 bridgehead atoms. The number of rotatable bonds is 5. The van der Waals surface area contributed by atoms with E-state index in [4.69, 9.17) is 9.57 Å². The number of nitrogens with zero attached hydrogens (tertiary/aromatic N) is 2. The van der Waals surface area contributed by atoms with Gasteiger partial charge >= 0.3 is 35.5 Å². The number of carboxylic acid groups (broad SMARTS) is 1. The van der Waals surface area contributed by atoms with E-state index in [0.29, 0.717) is 11.6 Å². The number of carbonyl (C=O) groups excluding carboxylic acids is 3. The Balaban J connectivity index is 0.00000208. The first-order valence-corrected chi connectivity index (χ1v) is 7.05. The summed E-state index contributed by atoms with van der Waals surface area (Å²) in [4.78, 5) is 44.2. The molecular formula is C14H14N3NaO6. The Morgan fingerprint density at radius 2 is 2.29 bits per heavy atom. The molecule has 10 heteroatoms. The van der Waals surface area contributed by atoms with Crippen molar-refractivity contribution in [2.75, 3.05) is 6.61 Å². The number of hydrogen-bond donors (Lipinski definition) is 1. The molecule has 2 aliphatic heterocycles. The van der Waals surface area contributed by atoms with Crippen LogP contribution in [0.4, 0.5) is 0 Å². The number of aliphatic carboxylic acids is 1. The van der Waals surface area contributed by atoms with Gasteiger partial charge in [0, 0.05) is 25.4 Å². The number of nitrogens with one attached hydrogen (secondary N) is 1. The third-order valence-electron chi connectivity index (χ3n) is 3.74. The van der Waals surface area contributed by atoms with E-state index in [1.54, 1.807) is 18.5 Å². The first kappa shape index (κ1) is 18.8. The van der Waals surface area contributed by atoms with Crippen LogP contribution in [-0.4, -0.2) is 46.3 Å². The third kappa shape index (κ3) is 3.45. The first-order chi connectivity index (χ1) is 11.0. The van der Waals surface area contributed by atoms with Crippen molar-refractivity contribution in [2.45, 2.75) is 31.2 Å². The summed E-state index contributed by atoms with van der Waals surface area (Å²) in [5.41, 5.74) is -1.32. The van der Waals surface area contributed by atoms with Gasteiger partial charge in [0.1, 0.15) is 12.0 Å². The molecule has 0 aliphatic carbocycles. The van der Waals surface area contributed by atoms with Gasteiger partial charge in [0.05, 0.1) is 13.0 Å². The number of carboxylic acids is 1. The van der Waals surface area contributed by atoms with Gasteiger partial charge < -0.3 is 14.6 Å². The molecule has 1 amide bonds. The topological polar surface area (TPSA) is 121 Å². The third-order valence-corrected chi connectivity index (χ3v) is 3.74. The van der Waals surface area contributed by atoms with Crippen LogP contribution in [-0.2, 0) is 30.5 Å². The number of amides is 1. The van der Waals surface area contributed by atoms with Gasteiger partial charge in [-0.3, -0.25) is 24.7 Å². The number of carbonyl (C=O) groups is 3. The van der Waals surface area contributed by atoms with E-state index in [2.05, 4.69) is 10.3 Å². The van der Waals surface area contributed by atoms with Crippen molar-refractivity contribution in [1.82, 2.24) is 15.4 Å². The molecule has 2 aliphatic rings. The Morgan fingerprint density at radius 3 is 2.88 bits per heavy atom. The van der Waals surface area contributed by atoms with Gasteiger partial charge in [-0.25, -0.2) is 0 Å². The summed E-state index contributed by atoms with van der Waals surface area (Å²) >= 11 is 0. The predicted molar refractivity (Wildman–Crippen MR) is 70.7 cm³/mol. The molecule has 0 radical (unpaired) electrons. The Hall–Kier alpha value is -1.52. The maximum Gasteiger partial charge on any atom is 1.00 e. The van der Waals surface area contributed by atoms with Gasteiger partial charge in [-0.2, -0.15) is 5.06 Å². The smallest absolute Gasteiger partial charge is 0.544 e. The molecule has 3 heterocycles. The number of ether oxygens (including phenoxy) is 1. The second kappa shape index (κ2) is 7.58. The molecular weight excluding hydrogens is 329 g/mol. The van der Waals surface area contributed by atoms with Gasteiger partial charge in [0.15, 0.2) is 0 Å². The average Bonchev–Trinajstić information content (AvgIpc) is 3.10. The second-order valence-corrected chi connectivity index (χ2v) is 5.27. The van der Waals surface area contributed by atoms with Crippen LogP contribution in [0.15, 0.2) is 24.5 Å². The van der Waals surface area contributed by atoms with Crippen molar-refractivity contribution in [1.29, 1.82) is 0 Å². The number of hydroxylamine groups is 2. The fourth-order valence-corrected chi connectivity index (χ4v) is 2.53. The first-order valence-electron chi connectivity index (χ1n) is 7.05. The second-order valence-electron chi connectivity index (χ2n) is 5.27. The monoisotopic (exact) mass is 343 g/mol. The van der Waals surface area contributed by atoms with E-state index in [0.717, 1.165) is 5.56 Å². The van der Waals surface area contributed by atoms with E-state index in [-0.39, 0.29) is 49.0 Å². The fourth-order valence-electron chi connectivity index (χ4n) is 2.53. The van der Waals surface area contributed by atoms with Crippen LogP contribution < -0.4 is 40.0 Å². The number of cyclic esters (lactones) is 1. The Labute approximate surface area is 159 Å². The van der Waals surface area contributed by atoms with Crippen molar-refractivity contribution in [2.24, 2.45) is 0 Å². The summed E-state index contributed by atoms with van der Waals surface area (Å²) < 4.78 is 4.82. The van der Waals surface area contributed by atoms with E-state index < -0.39 is 29.6 Å². The van der Waals surface area contributed by atoms with Crippen molar-refractivity contribution in [3.05, 3.63) is 30.1 Å². The summed E-state index contributed by atoms with van der Waals surface area (Å²) in [6.07, 6.45) is 2.96. The quantitative estimate of drug-likeness (QED) is 0.417. The summed E-state index contributed by atoms with van der Waals surface area (Å²) in [5, 5.41) is 15.0. The molecule has 24 heavy (non-hydrogen) atoms. The molecule has 0 aromatic carbocycles. The van der Waals surface area contributed by atoms with E-state index in [1.807, 2.05) is 6.07 Å². The molecule has 1 unspecified atom stereocenters. The average molecular weight is 343 g/mol. The normalized spacial score (nSPS) is 26.2. The number of pyridine rings is 1. The van der Waals surface area contributed by atoms with Crippen LogP contribution in [0.3, 0.4) is 0 Å². The number of esters is 1. The molecule has 122 valence electrons. The van der Waals surface area contributed by atoms with Crippen LogP contribution in [0.1, 0.15) is 18.4 Å². The summed E-state index contributed by atoms with van der Waals surface area (Å²) in [6.45, 7) is 0.297. The van der Waals surface area contributed by atoms with Gasteiger partial charge in [-0.15, -0.1) is 0 Å². The Kier molecular flexibility index (Phi) is 5.94. The number of hydrogen-bond acceptors (Lipinski definition) is 8. The molecule has 1 N–H and O–H groups in total. The Bertz CT molecular complexity index is 643. The van der Waals surface area contributed by atoms with Crippen molar-refractivity contribution >= 4 is 17.8 Å². The van der Waals surface area contributed by atoms with Crippen molar-refractivity contribution in [3.63, 3.8) is 0 Å². The van der Waals surface area contributed by atoms with E-state index >= 15 is 0 Å². The van der Waals surface area contributed by atoms with E-state index in [9.17, 15) is 19.5 Å². The zero-order valence-electron chi connectivity index (χ0n) is 13.1. The SMILES string of the molecule is O=C1CCC(C(=O)[O-])(N2OC[C@H](NCc3cccnc3)C2=O)O1.[Na+]. The van der Waals surface area contributed by atoms with Crippen LogP contribution in [0, 0.1) is 0 Å². The van der Waals surface area contributed by atoms with Gasteiger partial charge in [-0.05, 0) is 11.6 Å². The Morgan fingerprint density at radius 1 is 1.50 bits per heavy atom. The number of aromatic nitrogens is 1. The molecule has 2 fully saturated rings. The van der Waals surface area contributed by atoms with Crippen LogP contribution in [0.5, 0.6) is 0 Å². The maximum atomic E-state index is 12.4. The van der Waals surface area contributed by atoms with E-state index in [1.165, 1.54) is 0 Å². The van der Waals surface area contributed by atoms with Crippen LogP contribution in [0.2, 0.25) is 0 Å². The van der Waals surface area contributed by atoms with Gasteiger partial charge in [0.25, 0.3) is 11.6 Å². The molecule has 2 atom stereocenters. The predicted octanol–water partition coefficient (Wildman–Crippen LogP) is -4.90. The summed E-state index contributed by atoms with van der Waals surface area (Å²) in [7, 11) is 0. The molecule has 0 saturated carbocycles. The van der Waals surface area contributed by atoms with Gasteiger partial charge in [-0.1, -0.05) is 6.07 Å². The molecule has 1 aromatic rings. The molecule has 0 spiro atoms. The summed E-state index contributed by atoms with van der Waals surface area (Å²) in [6, 6.07) is 2.85. The van der Waals surface area contributed by atoms with Crippen molar-refractivity contribution in [3.8, 4) is 0 Å². The van der Waals surface area contributed by atoms with Crippen molar-refractivity contribution < 1.29 is 58.6 Å². The molecule has 2 saturated heterocycles. The standard InChI is InChI=1S/C14H15N3O6.Na/c18-11-3-4-14(23-11,13(20)21)17-12(19)10(8-22-17)16-7-9-2-1-5-15-6-9;/h1-2,5-6,10,16H,3-4,7-8H2,(H,20,21);/q;+1/p-1/t10-,14?;/m0./s1. The zero-order valence-corrected chi connectivity index (χ0v) is 15.1. The molecule has 1 aromatic heterocycles. The zero-order chi connectivity index (χ0) is 16.4.